The third kappa shape index (κ3) is 3.84. The predicted octanol–water partition coefficient (Wildman–Crippen LogP) is 0.554. The van der Waals surface area contributed by atoms with Crippen LogP contribution < -0.4 is 10.1 Å². The number of nitrogens with one attached hydrogen (secondary N) is 1. The molecular weight excluding hydrogens is 212 g/mol. The van der Waals surface area contributed by atoms with E-state index in [1.165, 1.54) is 24.3 Å². The molecule has 6 nitrogen and oxygen atoms in total. The fraction of sp³-hybridized carbons (Fsp3) is 0.400. The van der Waals surface area contributed by atoms with Crippen LogP contribution in [0, 0.1) is 10.1 Å². The van der Waals surface area contributed by atoms with Crippen LogP contribution in [0.15, 0.2) is 24.3 Å². The molecule has 0 radical (unpaired) electrons. The third-order valence-corrected chi connectivity index (χ3v) is 1.93. The first-order valence-corrected chi connectivity index (χ1v) is 4.83. The highest BCUT2D eigenvalue weighted by Gasteiger charge is 2.06. The number of non-ortho nitro benzene ring substituents is 1. The lowest BCUT2D eigenvalue weighted by Gasteiger charge is -2.11. The van der Waals surface area contributed by atoms with Crippen molar-refractivity contribution < 1.29 is 14.8 Å². The molecule has 1 rings (SSSR count). The standard InChI is InChI=1S/C10H14N2O4/c1-11-6-9(13)7-16-10-4-2-8(3-5-10)12(14)15/h2-5,9,11,13H,6-7H2,1H3. The summed E-state index contributed by atoms with van der Waals surface area (Å²) < 4.78 is 5.24. The van der Waals surface area contributed by atoms with Crippen molar-refractivity contribution in [3.8, 4) is 5.75 Å². The number of nitrogens with zero attached hydrogens (tertiary/aromatic N) is 1. The molecule has 0 aromatic heterocycles. The van der Waals surface area contributed by atoms with Gasteiger partial charge in [0.15, 0.2) is 0 Å². The van der Waals surface area contributed by atoms with Gasteiger partial charge in [0, 0.05) is 18.7 Å². The zero-order chi connectivity index (χ0) is 12.0. The van der Waals surface area contributed by atoms with Crippen LogP contribution in [-0.2, 0) is 0 Å². The van der Waals surface area contributed by atoms with Gasteiger partial charge in [-0.25, -0.2) is 0 Å². The number of aliphatic hydroxyl groups is 1. The van der Waals surface area contributed by atoms with Gasteiger partial charge in [-0.1, -0.05) is 0 Å². The molecule has 1 atom stereocenters. The quantitative estimate of drug-likeness (QED) is 0.546. The van der Waals surface area contributed by atoms with Crippen LogP contribution in [-0.4, -0.2) is 36.3 Å². The molecule has 0 saturated heterocycles. The number of hydrogen-bond donors (Lipinski definition) is 2. The fourth-order valence-electron chi connectivity index (χ4n) is 1.15. The number of nitro benzene ring substituents is 1. The lowest BCUT2D eigenvalue weighted by molar-refractivity contribution is -0.384. The molecule has 0 saturated carbocycles. The largest absolute Gasteiger partial charge is 0.491 e. The molecule has 0 amide bonds. The second-order valence-electron chi connectivity index (χ2n) is 3.27. The SMILES string of the molecule is CNCC(O)COc1ccc([N+](=O)[O-])cc1. The highest BCUT2D eigenvalue weighted by atomic mass is 16.6. The van der Waals surface area contributed by atoms with Crippen LogP contribution in [0.1, 0.15) is 0 Å². The summed E-state index contributed by atoms with van der Waals surface area (Å²) in [7, 11) is 1.73. The number of ether oxygens (including phenoxy) is 1. The molecule has 0 spiro atoms. The van der Waals surface area contributed by atoms with E-state index in [1.54, 1.807) is 7.05 Å². The number of rotatable bonds is 6. The van der Waals surface area contributed by atoms with Gasteiger partial charge in [-0.2, -0.15) is 0 Å². The first-order valence-electron chi connectivity index (χ1n) is 4.83. The van der Waals surface area contributed by atoms with Gasteiger partial charge in [-0.05, 0) is 19.2 Å². The number of benzene rings is 1. The first-order chi connectivity index (χ1) is 7.63. The smallest absolute Gasteiger partial charge is 0.269 e. The van der Waals surface area contributed by atoms with E-state index in [-0.39, 0.29) is 12.3 Å². The maximum atomic E-state index is 10.4. The summed E-state index contributed by atoms with van der Waals surface area (Å²) in [5.74, 6) is 0.501. The molecule has 0 aliphatic carbocycles. The Hall–Kier alpha value is -1.66. The van der Waals surface area contributed by atoms with Gasteiger partial charge < -0.3 is 15.2 Å². The van der Waals surface area contributed by atoms with Gasteiger partial charge in [0.25, 0.3) is 5.69 Å². The van der Waals surface area contributed by atoms with E-state index in [4.69, 9.17) is 4.74 Å². The van der Waals surface area contributed by atoms with E-state index < -0.39 is 11.0 Å². The highest BCUT2D eigenvalue weighted by molar-refractivity contribution is 5.35. The van der Waals surface area contributed by atoms with Crippen LogP contribution in [0.3, 0.4) is 0 Å². The Kier molecular flexibility index (Phi) is 4.68. The fourth-order valence-corrected chi connectivity index (χ4v) is 1.15. The average Bonchev–Trinajstić information content (AvgIpc) is 2.27. The zero-order valence-electron chi connectivity index (χ0n) is 8.92. The maximum absolute atomic E-state index is 10.4. The van der Waals surface area contributed by atoms with Gasteiger partial charge in [0.2, 0.25) is 0 Å². The van der Waals surface area contributed by atoms with Crippen molar-refractivity contribution in [2.24, 2.45) is 0 Å². The highest BCUT2D eigenvalue weighted by Crippen LogP contribution is 2.17. The molecule has 0 bridgehead atoms. The van der Waals surface area contributed by atoms with Crippen LogP contribution >= 0.6 is 0 Å². The summed E-state index contributed by atoms with van der Waals surface area (Å²) in [4.78, 5) is 9.91. The summed E-state index contributed by atoms with van der Waals surface area (Å²) in [6, 6.07) is 5.73. The van der Waals surface area contributed by atoms with Gasteiger partial charge in [0.1, 0.15) is 18.5 Å². The molecule has 0 aliphatic heterocycles. The summed E-state index contributed by atoms with van der Waals surface area (Å²) in [5, 5.41) is 22.5. The summed E-state index contributed by atoms with van der Waals surface area (Å²) >= 11 is 0. The summed E-state index contributed by atoms with van der Waals surface area (Å²) in [6.07, 6.45) is -0.597. The third-order valence-electron chi connectivity index (χ3n) is 1.93. The minimum Gasteiger partial charge on any atom is -0.491 e. The van der Waals surface area contributed by atoms with E-state index in [0.29, 0.717) is 12.3 Å². The lowest BCUT2D eigenvalue weighted by atomic mass is 10.3. The second kappa shape index (κ2) is 6.04. The zero-order valence-corrected chi connectivity index (χ0v) is 8.92. The molecular formula is C10H14N2O4. The molecule has 88 valence electrons. The molecule has 0 heterocycles. The van der Waals surface area contributed by atoms with Crippen molar-refractivity contribution in [2.45, 2.75) is 6.10 Å². The van der Waals surface area contributed by atoms with Crippen LogP contribution in [0.2, 0.25) is 0 Å². The Morgan fingerprint density at radius 3 is 2.62 bits per heavy atom. The van der Waals surface area contributed by atoms with E-state index in [9.17, 15) is 15.2 Å². The Morgan fingerprint density at radius 1 is 1.50 bits per heavy atom. The average molecular weight is 226 g/mol. The molecule has 1 aromatic rings. The van der Waals surface area contributed by atoms with Crippen molar-refractivity contribution in [1.82, 2.24) is 5.32 Å². The van der Waals surface area contributed by atoms with Crippen molar-refractivity contribution in [1.29, 1.82) is 0 Å². The van der Waals surface area contributed by atoms with Gasteiger partial charge in [-0.3, -0.25) is 10.1 Å². The lowest BCUT2D eigenvalue weighted by Crippen LogP contribution is -2.29. The molecule has 0 aliphatic rings. The van der Waals surface area contributed by atoms with Gasteiger partial charge in [-0.15, -0.1) is 0 Å². The second-order valence-corrected chi connectivity index (χ2v) is 3.27. The number of nitro groups is 1. The Bertz CT molecular complexity index is 339. The molecule has 6 heteroatoms. The van der Waals surface area contributed by atoms with Crippen LogP contribution in [0.4, 0.5) is 5.69 Å². The van der Waals surface area contributed by atoms with E-state index in [0.717, 1.165) is 0 Å². The minimum atomic E-state index is -0.597. The van der Waals surface area contributed by atoms with Crippen molar-refractivity contribution in [3.05, 3.63) is 34.4 Å². The number of aliphatic hydroxyl groups excluding tert-OH is 1. The molecule has 2 N–H and O–H groups in total. The molecule has 1 aromatic carbocycles. The van der Waals surface area contributed by atoms with Crippen molar-refractivity contribution in [3.63, 3.8) is 0 Å². The minimum absolute atomic E-state index is 0.0168. The summed E-state index contributed by atoms with van der Waals surface area (Å²) in [5.41, 5.74) is 0.0168. The number of hydrogen-bond acceptors (Lipinski definition) is 5. The Balaban J connectivity index is 2.46. The molecule has 16 heavy (non-hydrogen) atoms. The summed E-state index contributed by atoms with van der Waals surface area (Å²) in [6.45, 7) is 0.589. The van der Waals surface area contributed by atoms with Crippen LogP contribution in [0.5, 0.6) is 5.75 Å². The first kappa shape index (κ1) is 12.4. The van der Waals surface area contributed by atoms with E-state index >= 15 is 0 Å². The van der Waals surface area contributed by atoms with Crippen LogP contribution in [0.25, 0.3) is 0 Å². The maximum Gasteiger partial charge on any atom is 0.269 e. The molecule has 1 unspecified atom stereocenters. The Morgan fingerprint density at radius 2 is 2.12 bits per heavy atom. The monoisotopic (exact) mass is 226 g/mol. The van der Waals surface area contributed by atoms with Crippen molar-refractivity contribution >= 4 is 5.69 Å². The molecule has 0 fully saturated rings. The van der Waals surface area contributed by atoms with E-state index in [2.05, 4.69) is 5.32 Å². The Labute approximate surface area is 93.0 Å². The number of likely N-dealkylation sites (N-methyl/N-ethyl adjacent to an activating group) is 1. The normalized spacial score (nSPS) is 12.1. The topological polar surface area (TPSA) is 84.6 Å². The van der Waals surface area contributed by atoms with E-state index in [1.807, 2.05) is 0 Å². The predicted molar refractivity (Wildman–Crippen MR) is 58.5 cm³/mol. The van der Waals surface area contributed by atoms with Gasteiger partial charge >= 0.3 is 0 Å². The van der Waals surface area contributed by atoms with Gasteiger partial charge in [0.05, 0.1) is 4.92 Å². The van der Waals surface area contributed by atoms with Crippen molar-refractivity contribution in [2.75, 3.05) is 20.2 Å².